The van der Waals surface area contributed by atoms with E-state index in [0.29, 0.717) is 0 Å². The van der Waals surface area contributed by atoms with Crippen LogP contribution in [0.25, 0.3) is 0 Å². The van der Waals surface area contributed by atoms with Gasteiger partial charge in [-0.15, -0.1) is 0 Å². The lowest BCUT2D eigenvalue weighted by atomic mass is 9.96. The lowest BCUT2D eigenvalue weighted by Crippen LogP contribution is -2.41. The zero-order chi connectivity index (χ0) is 15.0. The molecule has 0 aliphatic rings. The Morgan fingerprint density at radius 2 is 1.95 bits per heavy atom. The highest BCUT2D eigenvalue weighted by atomic mass is 16.5. The molecule has 0 aliphatic carbocycles. The summed E-state index contributed by atoms with van der Waals surface area (Å²) in [5.74, 6) is -0.853. The molecule has 1 aromatic rings. The standard InChI is InChI=1S/C15H21NO4/c1-3-11(2)13(9-14(17)18)16-15(19)20-10-12-7-5-4-6-8-12/h4-8,11,13H,3,9-10H2,1-2H3,(H,16,19)(H,17,18). The van der Waals surface area contributed by atoms with Crippen molar-refractivity contribution in [2.75, 3.05) is 0 Å². The van der Waals surface area contributed by atoms with Gasteiger partial charge in [-0.25, -0.2) is 4.79 Å². The first-order valence-corrected chi connectivity index (χ1v) is 6.72. The van der Waals surface area contributed by atoms with E-state index in [1.54, 1.807) is 0 Å². The van der Waals surface area contributed by atoms with Crippen molar-refractivity contribution in [2.24, 2.45) is 5.92 Å². The van der Waals surface area contributed by atoms with E-state index in [1.807, 2.05) is 44.2 Å². The molecule has 0 heterocycles. The maximum atomic E-state index is 11.7. The molecule has 2 N–H and O–H groups in total. The number of nitrogens with one attached hydrogen (secondary N) is 1. The second kappa shape index (κ2) is 8.19. The molecule has 2 atom stereocenters. The Bertz CT molecular complexity index is 433. The fraction of sp³-hybridized carbons (Fsp3) is 0.467. The van der Waals surface area contributed by atoms with E-state index in [0.717, 1.165) is 12.0 Å². The summed E-state index contributed by atoms with van der Waals surface area (Å²) in [6.07, 6.45) is 0.104. The van der Waals surface area contributed by atoms with Gasteiger partial charge in [0.25, 0.3) is 0 Å². The zero-order valence-corrected chi connectivity index (χ0v) is 11.8. The van der Waals surface area contributed by atoms with Crippen LogP contribution in [0.2, 0.25) is 0 Å². The van der Waals surface area contributed by atoms with E-state index < -0.39 is 18.1 Å². The third-order valence-corrected chi connectivity index (χ3v) is 3.24. The Hall–Kier alpha value is -2.04. The fourth-order valence-corrected chi connectivity index (χ4v) is 1.78. The SMILES string of the molecule is CCC(C)C(CC(=O)O)NC(=O)OCc1ccccc1. The molecule has 2 unspecified atom stereocenters. The van der Waals surface area contributed by atoms with Crippen LogP contribution in [0, 0.1) is 5.92 Å². The van der Waals surface area contributed by atoms with Crippen LogP contribution in [0.15, 0.2) is 30.3 Å². The first kappa shape index (κ1) is 16.0. The molecule has 1 aromatic carbocycles. The first-order chi connectivity index (χ1) is 9.52. The molecule has 5 heteroatoms. The highest BCUT2D eigenvalue weighted by Crippen LogP contribution is 2.11. The van der Waals surface area contributed by atoms with Crippen molar-refractivity contribution in [1.82, 2.24) is 5.32 Å². The number of rotatable bonds is 7. The summed E-state index contributed by atoms with van der Waals surface area (Å²) in [7, 11) is 0. The van der Waals surface area contributed by atoms with Gasteiger partial charge in [-0.3, -0.25) is 4.79 Å². The summed E-state index contributed by atoms with van der Waals surface area (Å²) in [5.41, 5.74) is 0.890. The molecule has 0 saturated heterocycles. The van der Waals surface area contributed by atoms with Gasteiger partial charge in [-0.05, 0) is 11.5 Å². The minimum atomic E-state index is -0.932. The summed E-state index contributed by atoms with van der Waals surface area (Å²) < 4.78 is 5.09. The molecule has 0 spiro atoms. The number of carboxylic acid groups (broad SMARTS) is 1. The Morgan fingerprint density at radius 1 is 1.30 bits per heavy atom. The van der Waals surface area contributed by atoms with Gasteiger partial charge in [0.15, 0.2) is 0 Å². The van der Waals surface area contributed by atoms with Crippen LogP contribution in [-0.2, 0) is 16.1 Å². The third kappa shape index (κ3) is 5.73. The van der Waals surface area contributed by atoms with E-state index in [4.69, 9.17) is 9.84 Å². The molecule has 0 saturated carbocycles. The molecule has 0 aliphatic heterocycles. The molecule has 1 rings (SSSR count). The minimum Gasteiger partial charge on any atom is -0.481 e. The molecule has 0 aromatic heterocycles. The maximum Gasteiger partial charge on any atom is 0.407 e. The van der Waals surface area contributed by atoms with Crippen LogP contribution in [0.1, 0.15) is 32.3 Å². The van der Waals surface area contributed by atoms with Crippen molar-refractivity contribution in [3.8, 4) is 0 Å². The lowest BCUT2D eigenvalue weighted by molar-refractivity contribution is -0.137. The number of carboxylic acids is 1. The van der Waals surface area contributed by atoms with Gasteiger partial charge in [0.1, 0.15) is 6.61 Å². The average Bonchev–Trinajstić information content (AvgIpc) is 2.44. The second-order valence-corrected chi connectivity index (χ2v) is 4.80. The minimum absolute atomic E-state index is 0.0791. The van der Waals surface area contributed by atoms with E-state index in [1.165, 1.54) is 0 Å². The smallest absolute Gasteiger partial charge is 0.407 e. The van der Waals surface area contributed by atoms with Gasteiger partial charge in [0, 0.05) is 6.04 Å². The second-order valence-electron chi connectivity index (χ2n) is 4.80. The van der Waals surface area contributed by atoms with Crippen molar-refractivity contribution >= 4 is 12.1 Å². The summed E-state index contributed by atoms with van der Waals surface area (Å²) in [6, 6.07) is 8.91. The van der Waals surface area contributed by atoms with Crippen molar-refractivity contribution in [3.63, 3.8) is 0 Å². The Balaban J connectivity index is 2.47. The van der Waals surface area contributed by atoms with E-state index in [2.05, 4.69) is 5.32 Å². The molecule has 1 amide bonds. The molecular formula is C15H21NO4. The number of ether oxygens (including phenoxy) is 1. The van der Waals surface area contributed by atoms with Crippen LogP contribution in [0.5, 0.6) is 0 Å². The van der Waals surface area contributed by atoms with Gasteiger partial charge in [-0.1, -0.05) is 50.6 Å². The summed E-state index contributed by atoms with van der Waals surface area (Å²) >= 11 is 0. The molecule has 20 heavy (non-hydrogen) atoms. The van der Waals surface area contributed by atoms with Gasteiger partial charge in [-0.2, -0.15) is 0 Å². The average molecular weight is 279 g/mol. The normalized spacial score (nSPS) is 13.3. The number of carbonyl (C=O) groups excluding carboxylic acids is 1. The number of benzene rings is 1. The molecule has 0 fully saturated rings. The highest BCUT2D eigenvalue weighted by Gasteiger charge is 2.21. The predicted octanol–water partition coefficient (Wildman–Crippen LogP) is 2.80. The van der Waals surface area contributed by atoms with Crippen LogP contribution < -0.4 is 5.32 Å². The fourth-order valence-electron chi connectivity index (χ4n) is 1.78. The summed E-state index contributed by atoms with van der Waals surface area (Å²) in [5, 5.41) is 11.5. The Labute approximate surface area is 118 Å². The monoisotopic (exact) mass is 279 g/mol. The highest BCUT2D eigenvalue weighted by molar-refractivity contribution is 5.71. The largest absolute Gasteiger partial charge is 0.481 e. The third-order valence-electron chi connectivity index (χ3n) is 3.24. The maximum absolute atomic E-state index is 11.7. The molecule has 5 nitrogen and oxygen atoms in total. The molecule has 0 radical (unpaired) electrons. The Morgan fingerprint density at radius 3 is 2.50 bits per heavy atom. The number of amides is 1. The van der Waals surface area contributed by atoms with E-state index >= 15 is 0 Å². The Kier molecular flexibility index (Phi) is 6.56. The van der Waals surface area contributed by atoms with Crippen LogP contribution in [-0.4, -0.2) is 23.2 Å². The van der Waals surface area contributed by atoms with Crippen molar-refractivity contribution in [2.45, 2.75) is 39.3 Å². The number of aliphatic carboxylic acids is 1. The number of carbonyl (C=O) groups is 2. The molecule has 0 bridgehead atoms. The summed E-state index contributed by atoms with van der Waals surface area (Å²) in [4.78, 5) is 22.5. The van der Waals surface area contributed by atoms with Gasteiger partial charge in [0.2, 0.25) is 0 Å². The zero-order valence-electron chi connectivity index (χ0n) is 11.8. The van der Waals surface area contributed by atoms with Crippen molar-refractivity contribution in [1.29, 1.82) is 0 Å². The summed E-state index contributed by atoms with van der Waals surface area (Å²) in [6.45, 7) is 4.04. The van der Waals surface area contributed by atoms with Crippen LogP contribution in [0.3, 0.4) is 0 Å². The number of hydrogen-bond donors (Lipinski definition) is 2. The van der Waals surface area contributed by atoms with Gasteiger partial charge in [0.05, 0.1) is 6.42 Å². The van der Waals surface area contributed by atoms with Crippen LogP contribution >= 0.6 is 0 Å². The first-order valence-electron chi connectivity index (χ1n) is 6.72. The van der Waals surface area contributed by atoms with E-state index in [9.17, 15) is 9.59 Å². The van der Waals surface area contributed by atoms with E-state index in [-0.39, 0.29) is 18.9 Å². The lowest BCUT2D eigenvalue weighted by Gasteiger charge is -2.22. The topological polar surface area (TPSA) is 75.6 Å². The van der Waals surface area contributed by atoms with Crippen molar-refractivity contribution < 1.29 is 19.4 Å². The molecular weight excluding hydrogens is 258 g/mol. The van der Waals surface area contributed by atoms with Gasteiger partial charge >= 0.3 is 12.1 Å². The molecule has 110 valence electrons. The van der Waals surface area contributed by atoms with Crippen LogP contribution in [0.4, 0.5) is 4.79 Å². The number of alkyl carbamates (subject to hydrolysis) is 1. The number of hydrogen-bond acceptors (Lipinski definition) is 3. The quantitative estimate of drug-likeness (QED) is 0.804. The van der Waals surface area contributed by atoms with Gasteiger partial charge < -0.3 is 15.2 Å². The van der Waals surface area contributed by atoms with Crippen molar-refractivity contribution in [3.05, 3.63) is 35.9 Å². The predicted molar refractivity (Wildman–Crippen MR) is 75.3 cm³/mol.